The van der Waals surface area contributed by atoms with E-state index in [0.29, 0.717) is 21.9 Å². The molecule has 3 aromatic heterocycles. The molecule has 0 fully saturated rings. The first kappa shape index (κ1) is 17.9. The Morgan fingerprint density at radius 2 is 2.07 bits per heavy atom. The van der Waals surface area contributed by atoms with Crippen LogP contribution in [0.15, 0.2) is 46.6 Å². The maximum atomic E-state index is 12.7. The van der Waals surface area contributed by atoms with Gasteiger partial charge in [0.1, 0.15) is 5.75 Å². The first-order valence-electron chi connectivity index (χ1n) is 8.93. The zero-order valence-electron chi connectivity index (χ0n) is 14.9. The summed E-state index contributed by atoms with van der Waals surface area (Å²) in [6, 6.07) is 11.7. The molecule has 0 aliphatic rings. The Morgan fingerprint density at radius 1 is 1.19 bits per heavy atom. The number of rotatable bonds is 7. The van der Waals surface area contributed by atoms with Gasteiger partial charge in [-0.05, 0) is 30.0 Å². The molecule has 0 aliphatic carbocycles. The van der Waals surface area contributed by atoms with Gasteiger partial charge in [-0.25, -0.2) is 0 Å². The van der Waals surface area contributed by atoms with Crippen LogP contribution in [0.1, 0.15) is 31.7 Å². The minimum absolute atomic E-state index is 0.147. The third-order valence-electron chi connectivity index (χ3n) is 4.13. The van der Waals surface area contributed by atoms with Gasteiger partial charge in [-0.2, -0.15) is 9.50 Å². The molecule has 5 nitrogen and oxygen atoms in total. The van der Waals surface area contributed by atoms with Gasteiger partial charge in [0, 0.05) is 5.56 Å². The summed E-state index contributed by atoms with van der Waals surface area (Å²) in [5, 5.41) is 6.34. The van der Waals surface area contributed by atoms with Gasteiger partial charge in [-0.1, -0.05) is 55.4 Å². The number of hydrogen-bond donors (Lipinski definition) is 0. The Hall–Kier alpha value is -2.51. The molecule has 0 radical (unpaired) electrons. The Balaban J connectivity index is 1.66. The SMILES string of the molecule is CCCCCOc1ccccc1C=c1sc2nc(-c3cccs3)nn2c1=O. The van der Waals surface area contributed by atoms with Crippen molar-refractivity contribution in [2.24, 2.45) is 0 Å². The van der Waals surface area contributed by atoms with Gasteiger partial charge in [0.15, 0.2) is 5.82 Å². The Bertz CT molecular complexity index is 1150. The molecule has 0 spiro atoms. The van der Waals surface area contributed by atoms with E-state index in [1.165, 1.54) is 15.9 Å². The van der Waals surface area contributed by atoms with E-state index < -0.39 is 0 Å². The van der Waals surface area contributed by atoms with Crippen LogP contribution in [0.25, 0.3) is 21.7 Å². The van der Waals surface area contributed by atoms with Crippen molar-refractivity contribution in [3.63, 3.8) is 0 Å². The first-order valence-corrected chi connectivity index (χ1v) is 10.6. The number of unbranched alkanes of at least 4 members (excludes halogenated alkanes) is 2. The fourth-order valence-corrected chi connectivity index (χ4v) is 4.30. The number of para-hydroxylation sites is 1. The number of hydrogen-bond acceptors (Lipinski definition) is 6. The molecule has 0 saturated carbocycles. The summed E-state index contributed by atoms with van der Waals surface area (Å²) in [7, 11) is 0. The van der Waals surface area contributed by atoms with Gasteiger partial charge in [0.2, 0.25) is 4.96 Å². The summed E-state index contributed by atoms with van der Waals surface area (Å²) in [5.41, 5.74) is 0.750. The van der Waals surface area contributed by atoms with Crippen LogP contribution in [0.4, 0.5) is 0 Å². The molecule has 27 heavy (non-hydrogen) atoms. The van der Waals surface area contributed by atoms with Crippen LogP contribution < -0.4 is 14.8 Å². The molecular weight excluding hydrogens is 378 g/mol. The van der Waals surface area contributed by atoms with Crippen molar-refractivity contribution in [1.82, 2.24) is 14.6 Å². The maximum Gasteiger partial charge on any atom is 0.291 e. The zero-order chi connectivity index (χ0) is 18.6. The van der Waals surface area contributed by atoms with E-state index in [9.17, 15) is 4.79 Å². The highest BCUT2D eigenvalue weighted by molar-refractivity contribution is 7.15. The molecule has 0 unspecified atom stereocenters. The van der Waals surface area contributed by atoms with E-state index in [0.717, 1.165) is 35.5 Å². The summed E-state index contributed by atoms with van der Waals surface area (Å²) in [5.74, 6) is 1.39. The molecule has 0 N–H and O–H groups in total. The van der Waals surface area contributed by atoms with Gasteiger partial charge in [0.25, 0.3) is 5.56 Å². The molecule has 0 atom stereocenters. The topological polar surface area (TPSA) is 56.5 Å². The third-order valence-corrected chi connectivity index (χ3v) is 5.96. The molecule has 0 saturated heterocycles. The largest absolute Gasteiger partial charge is 0.493 e. The summed E-state index contributed by atoms with van der Waals surface area (Å²) < 4.78 is 7.90. The van der Waals surface area contributed by atoms with E-state index >= 15 is 0 Å². The second kappa shape index (κ2) is 8.02. The lowest BCUT2D eigenvalue weighted by Crippen LogP contribution is -2.23. The van der Waals surface area contributed by atoms with Crippen LogP contribution in [0.2, 0.25) is 0 Å². The standard InChI is InChI=1S/C20H19N3O2S2/c1-2-3-6-11-25-15-9-5-4-8-14(15)13-17-19(24)23-20(27-17)21-18(22-23)16-10-7-12-26-16/h4-5,7-10,12-13H,2-3,6,11H2,1H3. The molecule has 7 heteroatoms. The minimum atomic E-state index is -0.147. The van der Waals surface area contributed by atoms with Crippen molar-refractivity contribution >= 4 is 33.7 Å². The van der Waals surface area contributed by atoms with Crippen LogP contribution in [0.3, 0.4) is 0 Å². The van der Waals surface area contributed by atoms with Crippen molar-refractivity contribution in [1.29, 1.82) is 0 Å². The summed E-state index contributed by atoms with van der Waals surface area (Å²) >= 11 is 2.91. The van der Waals surface area contributed by atoms with Gasteiger partial charge < -0.3 is 4.74 Å². The minimum Gasteiger partial charge on any atom is -0.493 e. The van der Waals surface area contributed by atoms with Crippen LogP contribution in [0.5, 0.6) is 5.75 Å². The number of thiophene rings is 1. The van der Waals surface area contributed by atoms with Crippen LogP contribution in [-0.2, 0) is 0 Å². The Kier molecular flexibility index (Phi) is 5.31. The Morgan fingerprint density at radius 3 is 2.85 bits per heavy atom. The molecule has 4 aromatic rings. The number of nitrogens with zero attached hydrogens (tertiary/aromatic N) is 3. The predicted octanol–water partition coefficient (Wildman–Crippen LogP) is 4.00. The highest BCUT2D eigenvalue weighted by Gasteiger charge is 2.13. The third kappa shape index (κ3) is 3.79. The van der Waals surface area contributed by atoms with E-state index in [1.54, 1.807) is 11.3 Å². The molecular formula is C20H19N3O2S2. The number of fused-ring (bicyclic) bond motifs is 1. The van der Waals surface area contributed by atoms with Crippen LogP contribution in [0, 0.1) is 0 Å². The van der Waals surface area contributed by atoms with Gasteiger partial charge >= 0.3 is 0 Å². The molecule has 0 bridgehead atoms. The lowest BCUT2D eigenvalue weighted by molar-refractivity contribution is 0.305. The van der Waals surface area contributed by atoms with Crippen molar-refractivity contribution in [3.05, 3.63) is 62.2 Å². The Labute approximate surface area is 164 Å². The molecule has 0 aliphatic heterocycles. The lowest BCUT2D eigenvalue weighted by atomic mass is 10.2. The van der Waals surface area contributed by atoms with E-state index in [4.69, 9.17) is 4.74 Å². The lowest BCUT2D eigenvalue weighted by Gasteiger charge is -2.08. The van der Waals surface area contributed by atoms with Crippen molar-refractivity contribution in [2.45, 2.75) is 26.2 Å². The molecule has 4 rings (SSSR count). The van der Waals surface area contributed by atoms with E-state index in [-0.39, 0.29) is 5.56 Å². The fourth-order valence-electron chi connectivity index (χ4n) is 2.75. The first-order chi connectivity index (χ1) is 13.3. The highest BCUT2D eigenvalue weighted by atomic mass is 32.1. The smallest absolute Gasteiger partial charge is 0.291 e. The number of thiazole rings is 1. The summed E-state index contributed by atoms with van der Waals surface area (Å²) in [4.78, 5) is 18.8. The van der Waals surface area contributed by atoms with Crippen molar-refractivity contribution in [3.8, 4) is 16.5 Å². The van der Waals surface area contributed by atoms with Gasteiger partial charge in [0.05, 0.1) is 16.0 Å². The van der Waals surface area contributed by atoms with Crippen LogP contribution in [-0.4, -0.2) is 21.2 Å². The average Bonchev–Trinajstić information content (AvgIpc) is 3.39. The quantitative estimate of drug-likeness (QED) is 0.442. The number of benzene rings is 1. The molecule has 3 heterocycles. The molecule has 1 aromatic carbocycles. The summed E-state index contributed by atoms with van der Waals surface area (Å²) in [6.07, 6.45) is 5.20. The normalized spacial score (nSPS) is 12.1. The second-order valence-electron chi connectivity index (χ2n) is 6.12. The predicted molar refractivity (Wildman–Crippen MR) is 111 cm³/mol. The van der Waals surface area contributed by atoms with Crippen LogP contribution >= 0.6 is 22.7 Å². The average molecular weight is 398 g/mol. The van der Waals surface area contributed by atoms with Crippen molar-refractivity contribution < 1.29 is 4.74 Å². The maximum absolute atomic E-state index is 12.7. The van der Waals surface area contributed by atoms with Gasteiger partial charge in [-0.3, -0.25) is 4.79 Å². The van der Waals surface area contributed by atoms with E-state index in [2.05, 4.69) is 17.0 Å². The van der Waals surface area contributed by atoms with E-state index in [1.807, 2.05) is 47.9 Å². The fraction of sp³-hybridized carbons (Fsp3) is 0.250. The highest BCUT2D eigenvalue weighted by Crippen LogP contribution is 2.22. The molecule has 138 valence electrons. The van der Waals surface area contributed by atoms with Crippen molar-refractivity contribution in [2.75, 3.05) is 6.61 Å². The monoisotopic (exact) mass is 397 g/mol. The molecule has 0 amide bonds. The van der Waals surface area contributed by atoms with Gasteiger partial charge in [-0.15, -0.1) is 16.4 Å². The number of aromatic nitrogens is 3. The zero-order valence-corrected chi connectivity index (χ0v) is 16.6. The summed E-state index contributed by atoms with van der Waals surface area (Å²) in [6.45, 7) is 2.85. The number of ether oxygens (including phenoxy) is 1. The second-order valence-corrected chi connectivity index (χ2v) is 8.07.